The predicted molar refractivity (Wildman–Crippen MR) is 111 cm³/mol. The van der Waals surface area contributed by atoms with Gasteiger partial charge in [-0.15, -0.1) is 0 Å². The number of amides is 1. The molecular weight excluding hydrogens is 396 g/mol. The highest BCUT2D eigenvalue weighted by molar-refractivity contribution is 6.31. The number of carbonyl (C=O) groups is 1. The van der Waals surface area contributed by atoms with Crippen LogP contribution in [-0.4, -0.2) is 27.7 Å². The van der Waals surface area contributed by atoms with Crippen molar-refractivity contribution < 1.29 is 4.79 Å². The highest BCUT2D eigenvalue weighted by atomic mass is 35.5. The van der Waals surface area contributed by atoms with Crippen LogP contribution in [0.15, 0.2) is 56.8 Å². The lowest BCUT2D eigenvalue weighted by Gasteiger charge is -2.09. The van der Waals surface area contributed by atoms with Crippen molar-refractivity contribution >= 4 is 39.3 Å². The number of H-pyrrole nitrogens is 2. The predicted octanol–water partition coefficient (Wildman–Crippen LogP) is 1.59. The molecule has 0 fully saturated rings. The standard InChI is InChI=1S/C20H15ClN4O4/c1-22-18(27)11-4-2-3-10(7-11)9-25-20(29)15-16(19(28)24-25)23-14-8-12(21)5-6-13(14)17(15)26/h2-8H,9H2,1H3,(H,22,27)(H,23,26)(H,24,28). The third-order valence-corrected chi connectivity index (χ3v) is 4.88. The Balaban J connectivity index is 1.91. The van der Waals surface area contributed by atoms with Gasteiger partial charge < -0.3 is 10.3 Å². The van der Waals surface area contributed by atoms with Gasteiger partial charge in [0.15, 0.2) is 0 Å². The van der Waals surface area contributed by atoms with Crippen LogP contribution in [0.4, 0.5) is 0 Å². The molecule has 9 heteroatoms. The summed E-state index contributed by atoms with van der Waals surface area (Å²) in [6, 6.07) is 11.2. The van der Waals surface area contributed by atoms with Crippen LogP contribution in [0.3, 0.4) is 0 Å². The molecule has 2 heterocycles. The van der Waals surface area contributed by atoms with Crippen LogP contribution < -0.4 is 21.9 Å². The van der Waals surface area contributed by atoms with Gasteiger partial charge in [-0.1, -0.05) is 23.7 Å². The van der Waals surface area contributed by atoms with E-state index in [1.165, 1.54) is 19.2 Å². The first-order valence-corrected chi connectivity index (χ1v) is 9.06. The molecule has 4 rings (SSSR count). The lowest BCUT2D eigenvalue weighted by atomic mass is 10.1. The third-order valence-electron chi connectivity index (χ3n) is 4.64. The Morgan fingerprint density at radius 3 is 2.69 bits per heavy atom. The van der Waals surface area contributed by atoms with Crippen LogP contribution >= 0.6 is 11.6 Å². The van der Waals surface area contributed by atoms with E-state index in [9.17, 15) is 19.2 Å². The summed E-state index contributed by atoms with van der Waals surface area (Å²) in [6.07, 6.45) is 0. The van der Waals surface area contributed by atoms with Crippen LogP contribution in [0, 0.1) is 0 Å². The van der Waals surface area contributed by atoms with E-state index in [4.69, 9.17) is 11.6 Å². The number of pyridine rings is 1. The number of hydrogen-bond acceptors (Lipinski definition) is 4. The topological polar surface area (TPSA) is 117 Å². The fourth-order valence-electron chi connectivity index (χ4n) is 3.25. The lowest BCUT2D eigenvalue weighted by Crippen LogP contribution is -2.34. The summed E-state index contributed by atoms with van der Waals surface area (Å²) in [6.45, 7) is -0.00700. The van der Waals surface area contributed by atoms with E-state index in [2.05, 4.69) is 15.4 Å². The van der Waals surface area contributed by atoms with Crippen LogP contribution in [0.2, 0.25) is 5.02 Å². The van der Waals surface area contributed by atoms with E-state index >= 15 is 0 Å². The average Bonchev–Trinajstić information content (AvgIpc) is 2.71. The molecule has 0 radical (unpaired) electrons. The summed E-state index contributed by atoms with van der Waals surface area (Å²) in [5.74, 6) is -0.271. The van der Waals surface area contributed by atoms with Crippen LogP contribution in [0.5, 0.6) is 0 Å². The summed E-state index contributed by atoms with van der Waals surface area (Å²) in [5.41, 5.74) is -0.492. The number of fused-ring (bicyclic) bond motifs is 2. The number of carbonyl (C=O) groups excluding carboxylic acids is 1. The van der Waals surface area contributed by atoms with Crippen molar-refractivity contribution in [1.82, 2.24) is 20.1 Å². The molecule has 0 aliphatic carbocycles. The van der Waals surface area contributed by atoms with Gasteiger partial charge in [0.05, 0.1) is 12.1 Å². The van der Waals surface area contributed by atoms with E-state index in [1.807, 2.05) is 0 Å². The second kappa shape index (κ2) is 7.06. The van der Waals surface area contributed by atoms with Crippen molar-refractivity contribution in [2.45, 2.75) is 6.54 Å². The zero-order chi connectivity index (χ0) is 20.7. The summed E-state index contributed by atoms with van der Waals surface area (Å²) in [4.78, 5) is 53.0. The molecule has 2 aromatic carbocycles. The largest absolute Gasteiger partial charge is 0.355 e. The number of halogens is 1. The second-order valence-electron chi connectivity index (χ2n) is 6.51. The van der Waals surface area contributed by atoms with Crippen molar-refractivity contribution in [2.24, 2.45) is 0 Å². The molecule has 0 saturated heterocycles. The van der Waals surface area contributed by atoms with Crippen LogP contribution in [-0.2, 0) is 6.54 Å². The SMILES string of the molecule is CNC(=O)c1cccc(Cn2[nH]c(=O)c3[nH]c4cc(Cl)ccc4c(=O)c3c2=O)c1. The van der Waals surface area contributed by atoms with Crippen LogP contribution in [0.25, 0.3) is 21.8 Å². The Morgan fingerprint density at radius 2 is 1.93 bits per heavy atom. The first-order valence-electron chi connectivity index (χ1n) is 8.68. The minimum Gasteiger partial charge on any atom is -0.355 e. The van der Waals surface area contributed by atoms with Gasteiger partial charge in [0.25, 0.3) is 17.0 Å². The fraction of sp³-hybridized carbons (Fsp3) is 0.100. The highest BCUT2D eigenvalue weighted by Gasteiger charge is 2.15. The molecule has 0 aliphatic rings. The molecule has 2 aromatic heterocycles. The molecule has 4 aromatic rings. The maximum Gasteiger partial charge on any atom is 0.287 e. The summed E-state index contributed by atoms with van der Waals surface area (Å²) >= 11 is 5.95. The minimum absolute atomic E-state index is 0.00700. The molecule has 0 spiro atoms. The second-order valence-corrected chi connectivity index (χ2v) is 6.94. The zero-order valence-electron chi connectivity index (χ0n) is 15.2. The van der Waals surface area contributed by atoms with E-state index in [0.29, 0.717) is 21.7 Å². The zero-order valence-corrected chi connectivity index (χ0v) is 16.0. The number of aromatic nitrogens is 3. The molecule has 29 heavy (non-hydrogen) atoms. The van der Waals surface area contributed by atoms with Gasteiger partial charge in [-0.25, -0.2) is 4.68 Å². The smallest absolute Gasteiger partial charge is 0.287 e. The average molecular weight is 411 g/mol. The van der Waals surface area contributed by atoms with Gasteiger partial charge in [0.1, 0.15) is 10.9 Å². The Hall–Kier alpha value is -3.65. The molecule has 3 N–H and O–H groups in total. The van der Waals surface area contributed by atoms with Crippen molar-refractivity contribution in [2.75, 3.05) is 7.05 Å². The van der Waals surface area contributed by atoms with E-state index in [-0.39, 0.29) is 28.7 Å². The van der Waals surface area contributed by atoms with E-state index in [1.54, 1.807) is 30.3 Å². The normalized spacial score (nSPS) is 11.1. The minimum atomic E-state index is -0.636. The molecule has 0 saturated carbocycles. The molecule has 0 aliphatic heterocycles. The number of benzene rings is 2. The Kier molecular flexibility index (Phi) is 4.56. The van der Waals surface area contributed by atoms with Crippen molar-refractivity contribution in [3.63, 3.8) is 0 Å². The summed E-state index contributed by atoms with van der Waals surface area (Å²) in [7, 11) is 1.52. The van der Waals surface area contributed by atoms with Gasteiger partial charge in [0, 0.05) is 23.0 Å². The molecule has 8 nitrogen and oxygen atoms in total. The Labute approximate surface area is 167 Å². The number of aromatic amines is 2. The Morgan fingerprint density at radius 1 is 1.14 bits per heavy atom. The van der Waals surface area contributed by atoms with Gasteiger partial charge in [0.2, 0.25) is 5.43 Å². The molecule has 0 unspecified atom stereocenters. The van der Waals surface area contributed by atoms with E-state index in [0.717, 1.165) is 4.68 Å². The highest BCUT2D eigenvalue weighted by Crippen LogP contribution is 2.16. The third kappa shape index (κ3) is 3.23. The fourth-order valence-corrected chi connectivity index (χ4v) is 3.42. The van der Waals surface area contributed by atoms with E-state index < -0.39 is 16.5 Å². The van der Waals surface area contributed by atoms with Gasteiger partial charge >= 0.3 is 0 Å². The van der Waals surface area contributed by atoms with Crippen LogP contribution in [0.1, 0.15) is 15.9 Å². The van der Waals surface area contributed by atoms with Crippen molar-refractivity contribution in [1.29, 1.82) is 0 Å². The Bertz CT molecular complexity index is 1470. The molecular formula is C20H15ClN4O4. The summed E-state index contributed by atoms with van der Waals surface area (Å²) in [5, 5.41) is 5.43. The van der Waals surface area contributed by atoms with Gasteiger partial charge in [-0.3, -0.25) is 24.3 Å². The quantitative estimate of drug-likeness (QED) is 0.444. The lowest BCUT2D eigenvalue weighted by molar-refractivity contribution is 0.0963. The maximum atomic E-state index is 13.0. The molecule has 0 atom stereocenters. The molecule has 1 amide bonds. The van der Waals surface area contributed by atoms with Crippen molar-refractivity contribution in [3.05, 3.63) is 89.5 Å². The summed E-state index contributed by atoms with van der Waals surface area (Å²) < 4.78 is 1.06. The van der Waals surface area contributed by atoms with Crippen molar-refractivity contribution in [3.8, 4) is 0 Å². The number of hydrogen-bond donors (Lipinski definition) is 3. The number of nitrogens with zero attached hydrogens (tertiary/aromatic N) is 1. The molecule has 0 bridgehead atoms. The van der Waals surface area contributed by atoms with Gasteiger partial charge in [-0.05, 0) is 35.9 Å². The monoisotopic (exact) mass is 410 g/mol. The first-order chi connectivity index (χ1) is 13.9. The number of rotatable bonds is 3. The first kappa shape index (κ1) is 18.7. The number of nitrogens with one attached hydrogen (secondary N) is 3. The maximum absolute atomic E-state index is 13.0. The molecule has 146 valence electrons. The van der Waals surface area contributed by atoms with Gasteiger partial charge in [-0.2, -0.15) is 0 Å².